The summed E-state index contributed by atoms with van der Waals surface area (Å²) in [6.45, 7) is 3.05. The molecule has 2 aromatic rings. The van der Waals surface area contributed by atoms with Crippen LogP contribution < -0.4 is 10.6 Å². The SMILES string of the molecule is CC(=O)N(C(=O)C(C)c1ccc(N)cc1)c1cc(Cl)cc(Cl)c1. The number of carbonyl (C=O) groups is 2. The molecule has 1 atom stereocenters. The third-order valence-electron chi connectivity index (χ3n) is 3.45. The number of benzene rings is 2. The van der Waals surface area contributed by atoms with Crippen LogP contribution >= 0.6 is 23.2 Å². The maximum atomic E-state index is 12.8. The van der Waals surface area contributed by atoms with E-state index in [0.29, 0.717) is 21.4 Å². The van der Waals surface area contributed by atoms with Gasteiger partial charge in [-0.15, -0.1) is 0 Å². The normalized spacial score (nSPS) is 11.8. The number of carbonyl (C=O) groups excluding carboxylic acids is 2. The molecule has 0 heterocycles. The van der Waals surface area contributed by atoms with Gasteiger partial charge in [0.25, 0.3) is 0 Å². The zero-order valence-corrected chi connectivity index (χ0v) is 14.2. The smallest absolute Gasteiger partial charge is 0.241 e. The fourth-order valence-corrected chi connectivity index (χ4v) is 2.77. The van der Waals surface area contributed by atoms with Crippen molar-refractivity contribution in [2.45, 2.75) is 19.8 Å². The predicted octanol–water partition coefficient (Wildman–Crippen LogP) is 4.26. The molecule has 0 aliphatic heterocycles. The van der Waals surface area contributed by atoms with Gasteiger partial charge in [0, 0.05) is 22.7 Å². The van der Waals surface area contributed by atoms with Crippen molar-refractivity contribution in [3.8, 4) is 0 Å². The van der Waals surface area contributed by atoms with E-state index in [-0.39, 0.29) is 5.91 Å². The Labute approximate surface area is 144 Å². The van der Waals surface area contributed by atoms with Crippen LogP contribution in [-0.4, -0.2) is 11.8 Å². The number of nitrogens with zero attached hydrogens (tertiary/aromatic N) is 1. The summed E-state index contributed by atoms with van der Waals surface area (Å²) in [6, 6.07) is 11.6. The highest BCUT2D eigenvalue weighted by atomic mass is 35.5. The molecule has 0 saturated carbocycles. The number of imide groups is 1. The molecule has 120 valence electrons. The molecule has 2 aromatic carbocycles. The minimum atomic E-state index is -0.516. The monoisotopic (exact) mass is 350 g/mol. The van der Waals surface area contributed by atoms with Crippen molar-refractivity contribution in [1.29, 1.82) is 0 Å². The number of hydrogen-bond acceptors (Lipinski definition) is 3. The first-order chi connectivity index (χ1) is 10.8. The Bertz CT molecular complexity index is 725. The van der Waals surface area contributed by atoms with Crippen LogP contribution in [0, 0.1) is 0 Å². The quantitative estimate of drug-likeness (QED) is 0.841. The molecule has 0 aromatic heterocycles. The molecule has 0 aliphatic carbocycles. The molecule has 0 spiro atoms. The predicted molar refractivity (Wildman–Crippen MR) is 93.9 cm³/mol. The summed E-state index contributed by atoms with van der Waals surface area (Å²) in [5, 5.41) is 0.707. The molecule has 0 radical (unpaired) electrons. The molecule has 23 heavy (non-hydrogen) atoms. The Morgan fingerprint density at radius 1 is 1.04 bits per heavy atom. The summed E-state index contributed by atoms with van der Waals surface area (Å²) in [4.78, 5) is 25.9. The number of halogens is 2. The first-order valence-corrected chi connectivity index (χ1v) is 7.71. The van der Waals surface area contributed by atoms with Gasteiger partial charge in [-0.05, 0) is 42.8 Å². The van der Waals surface area contributed by atoms with Gasteiger partial charge in [-0.3, -0.25) is 14.5 Å². The van der Waals surface area contributed by atoms with E-state index in [2.05, 4.69) is 0 Å². The second kappa shape index (κ2) is 7.02. The minimum absolute atomic E-state index is 0.349. The van der Waals surface area contributed by atoms with Crippen molar-refractivity contribution in [3.63, 3.8) is 0 Å². The fraction of sp³-hybridized carbons (Fsp3) is 0.176. The lowest BCUT2D eigenvalue weighted by molar-refractivity contribution is -0.126. The van der Waals surface area contributed by atoms with Crippen LogP contribution in [0.1, 0.15) is 25.3 Å². The lowest BCUT2D eigenvalue weighted by Crippen LogP contribution is -2.38. The van der Waals surface area contributed by atoms with Crippen LogP contribution in [0.2, 0.25) is 10.0 Å². The number of hydrogen-bond donors (Lipinski definition) is 1. The lowest BCUT2D eigenvalue weighted by atomic mass is 9.99. The molecular weight excluding hydrogens is 335 g/mol. The standard InChI is InChI=1S/C17H16Cl2N2O2/c1-10(12-3-5-15(20)6-4-12)17(23)21(11(2)22)16-8-13(18)7-14(19)9-16/h3-10H,20H2,1-2H3. The molecule has 2 amide bonds. The third-order valence-corrected chi connectivity index (χ3v) is 3.88. The summed E-state index contributed by atoms with van der Waals surface area (Å²) in [7, 11) is 0. The fourth-order valence-electron chi connectivity index (χ4n) is 2.25. The van der Waals surface area contributed by atoms with E-state index in [9.17, 15) is 9.59 Å². The summed E-state index contributed by atoms with van der Waals surface area (Å²) in [5.41, 5.74) is 7.38. The van der Waals surface area contributed by atoms with Crippen LogP contribution in [0.5, 0.6) is 0 Å². The number of anilines is 2. The van der Waals surface area contributed by atoms with Gasteiger partial charge in [-0.25, -0.2) is 0 Å². The second-order valence-electron chi connectivity index (χ2n) is 5.21. The summed E-state index contributed by atoms with van der Waals surface area (Å²) < 4.78 is 0. The highest BCUT2D eigenvalue weighted by Gasteiger charge is 2.27. The lowest BCUT2D eigenvalue weighted by Gasteiger charge is -2.23. The summed E-state index contributed by atoms with van der Waals surface area (Å²) in [6.07, 6.45) is 0. The van der Waals surface area contributed by atoms with Gasteiger partial charge in [-0.1, -0.05) is 35.3 Å². The summed E-state index contributed by atoms with van der Waals surface area (Å²) in [5.74, 6) is -1.28. The molecule has 1 unspecified atom stereocenters. The Morgan fingerprint density at radius 3 is 2.04 bits per heavy atom. The number of nitrogen functional groups attached to an aromatic ring is 1. The van der Waals surface area contributed by atoms with E-state index >= 15 is 0 Å². The molecule has 0 fully saturated rings. The van der Waals surface area contributed by atoms with Crippen molar-refractivity contribution in [2.24, 2.45) is 0 Å². The maximum Gasteiger partial charge on any atom is 0.241 e. The zero-order chi connectivity index (χ0) is 17.1. The second-order valence-corrected chi connectivity index (χ2v) is 6.08. The number of amides is 2. The zero-order valence-electron chi connectivity index (χ0n) is 12.7. The van der Waals surface area contributed by atoms with Gasteiger partial charge in [0.05, 0.1) is 11.6 Å². The molecular formula is C17H16Cl2N2O2. The van der Waals surface area contributed by atoms with Gasteiger partial charge < -0.3 is 5.73 Å². The minimum Gasteiger partial charge on any atom is -0.399 e. The molecule has 0 aliphatic rings. The first kappa shape index (κ1) is 17.3. The van der Waals surface area contributed by atoms with Gasteiger partial charge in [0.2, 0.25) is 11.8 Å². The summed E-state index contributed by atoms with van der Waals surface area (Å²) >= 11 is 11.9. The van der Waals surface area contributed by atoms with E-state index in [1.54, 1.807) is 37.3 Å². The van der Waals surface area contributed by atoms with Crippen LogP contribution in [0.25, 0.3) is 0 Å². The Balaban J connectivity index is 2.38. The van der Waals surface area contributed by atoms with Gasteiger partial charge in [0.15, 0.2) is 0 Å². The van der Waals surface area contributed by atoms with Crippen molar-refractivity contribution in [1.82, 2.24) is 0 Å². The van der Waals surface area contributed by atoms with Crippen LogP contribution in [0.15, 0.2) is 42.5 Å². The van der Waals surface area contributed by atoms with Crippen LogP contribution in [0.4, 0.5) is 11.4 Å². The Morgan fingerprint density at radius 2 is 1.57 bits per heavy atom. The van der Waals surface area contributed by atoms with E-state index in [1.807, 2.05) is 0 Å². The molecule has 2 rings (SSSR count). The molecule has 2 N–H and O–H groups in total. The molecule has 4 nitrogen and oxygen atoms in total. The van der Waals surface area contributed by atoms with Gasteiger partial charge in [0.1, 0.15) is 0 Å². The first-order valence-electron chi connectivity index (χ1n) is 6.95. The highest BCUT2D eigenvalue weighted by molar-refractivity contribution is 6.35. The molecule has 6 heteroatoms. The number of rotatable bonds is 3. The topological polar surface area (TPSA) is 63.4 Å². The average Bonchev–Trinajstić information content (AvgIpc) is 2.46. The Kier molecular flexibility index (Phi) is 5.29. The van der Waals surface area contributed by atoms with E-state index in [1.165, 1.54) is 19.1 Å². The third kappa shape index (κ3) is 4.03. The van der Waals surface area contributed by atoms with E-state index < -0.39 is 11.8 Å². The van der Waals surface area contributed by atoms with Gasteiger partial charge >= 0.3 is 0 Å². The van der Waals surface area contributed by atoms with E-state index in [0.717, 1.165) is 10.5 Å². The maximum absolute atomic E-state index is 12.8. The van der Waals surface area contributed by atoms with Crippen molar-refractivity contribution in [2.75, 3.05) is 10.6 Å². The van der Waals surface area contributed by atoms with Crippen molar-refractivity contribution in [3.05, 3.63) is 58.1 Å². The van der Waals surface area contributed by atoms with E-state index in [4.69, 9.17) is 28.9 Å². The highest BCUT2D eigenvalue weighted by Crippen LogP contribution is 2.28. The van der Waals surface area contributed by atoms with Crippen LogP contribution in [0.3, 0.4) is 0 Å². The largest absolute Gasteiger partial charge is 0.399 e. The van der Waals surface area contributed by atoms with Crippen molar-refractivity contribution < 1.29 is 9.59 Å². The van der Waals surface area contributed by atoms with Gasteiger partial charge in [-0.2, -0.15) is 0 Å². The average molecular weight is 351 g/mol. The van der Waals surface area contributed by atoms with Crippen LogP contribution in [-0.2, 0) is 9.59 Å². The molecule has 0 bridgehead atoms. The Hall–Kier alpha value is -2.04. The number of nitrogens with two attached hydrogens (primary N) is 1. The molecule has 0 saturated heterocycles. The van der Waals surface area contributed by atoms with Crippen molar-refractivity contribution >= 4 is 46.4 Å².